The summed E-state index contributed by atoms with van der Waals surface area (Å²) in [6, 6.07) is 12.1. The SMILES string of the molecule is Cc1cc(SC(=O)O)c(S(=O)(=O)Nc2n[nH]c(Nc3ccccc3)n2)cc1C. The first-order valence-corrected chi connectivity index (χ1v) is 10.3. The molecule has 0 spiro atoms. The van der Waals surface area contributed by atoms with Crippen molar-refractivity contribution in [1.29, 1.82) is 0 Å². The Bertz CT molecular complexity index is 1110. The summed E-state index contributed by atoms with van der Waals surface area (Å²) in [6.07, 6.45) is 0. The third-order valence-electron chi connectivity index (χ3n) is 3.79. The Kier molecular flexibility index (Phi) is 5.56. The second-order valence-electron chi connectivity index (χ2n) is 5.86. The molecule has 0 unspecified atom stereocenters. The zero-order chi connectivity index (χ0) is 20.3. The Morgan fingerprint density at radius 1 is 1.14 bits per heavy atom. The summed E-state index contributed by atoms with van der Waals surface area (Å²) in [6.45, 7) is 3.53. The van der Waals surface area contributed by atoms with Crippen LogP contribution in [0.25, 0.3) is 0 Å². The van der Waals surface area contributed by atoms with Gasteiger partial charge < -0.3 is 10.4 Å². The fourth-order valence-corrected chi connectivity index (χ4v) is 4.48. The van der Waals surface area contributed by atoms with Crippen molar-refractivity contribution in [1.82, 2.24) is 15.2 Å². The molecule has 28 heavy (non-hydrogen) atoms. The van der Waals surface area contributed by atoms with Crippen molar-refractivity contribution in [3.05, 3.63) is 53.6 Å². The number of H-pyrrole nitrogens is 1. The van der Waals surface area contributed by atoms with Crippen molar-refractivity contribution in [2.24, 2.45) is 0 Å². The average Bonchev–Trinajstić information content (AvgIpc) is 3.04. The number of thioether (sulfide) groups is 1. The third kappa shape index (κ3) is 4.61. The highest BCUT2D eigenvalue weighted by atomic mass is 32.2. The van der Waals surface area contributed by atoms with E-state index in [0.29, 0.717) is 11.8 Å². The van der Waals surface area contributed by atoms with Gasteiger partial charge in [0, 0.05) is 10.6 Å². The third-order valence-corrected chi connectivity index (χ3v) is 6.02. The summed E-state index contributed by atoms with van der Waals surface area (Å²) in [5, 5.41) is 17.3. The van der Waals surface area contributed by atoms with Gasteiger partial charge in [-0.25, -0.2) is 23.0 Å². The monoisotopic (exact) mass is 419 g/mol. The van der Waals surface area contributed by atoms with E-state index in [0.717, 1.165) is 16.8 Å². The van der Waals surface area contributed by atoms with Crippen molar-refractivity contribution in [3.8, 4) is 0 Å². The first-order chi connectivity index (χ1) is 13.2. The number of anilines is 3. The number of benzene rings is 2. The molecule has 0 aliphatic carbocycles. The lowest BCUT2D eigenvalue weighted by molar-refractivity contribution is 0.222. The van der Waals surface area contributed by atoms with Gasteiger partial charge in [-0.05, 0) is 61.0 Å². The minimum Gasteiger partial charge on any atom is -0.473 e. The molecule has 0 radical (unpaired) electrons. The number of rotatable bonds is 6. The molecule has 1 heterocycles. The summed E-state index contributed by atoms with van der Waals surface area (Å²) < 4.78 is 27.9. The normalized spacial score (nSPS) is 11.2. The zero-order valence-corrected chi connectivity index (χ0v) is 16.6. The van der Waals surface area contributed by atoms with Crippen LogP contribution in [-0.4, -0.2) is 34.0 Å². The average molecular weight is 419 g/mol. The maximum Gasteiger partial charge on any atom is 0.369 e. The molecular formula is C17H17N5O4S2. The number of nitrogens with zero attached hydrogens (tertiary/aromatic N) is 2. The van der Waals surface area contributed by atoms with Gasteiger partial charge in [0.05, 0.1) is 0 Å². The smallest absolute Gasteiger partial charge is 0.369 e. The fourth-order valence-electron chi connectivity index (χ4n) is 2.34. The first-order valence-electron chi connectivity index (χ1n) is 8.04. The van der Waals surface area contributed by atoms with Gasteiger partial charge in [-0.1, -0.05) is 18.2 Å². The van der Waals surface area contributed by atoms with Crippen molar-refractivity contribution < 1.29 is 18.3 Å². The molecule has 0 amide bonds. The summed E-state index contributed by atoms with van der Waals surface area (Å²) in [4.78, 5) is 15.1. The Hall–Kier alpha value is -3.05. The van der Waals surface area contributed by atoms with Gasteiger partial charge in [0.1, 0.15) is 4.90 Å². The van der Waals surface area contributed by atoms with Crippen molar-refractivity contribution in [2.45, 2.75) is 23.6 Å². The molecule has 0 aliphatic rings. The summed E-state index contributed by atoms with van der Waals surface area (Å²) in [7, 11) is -4.10. The molecule has 9 nitrogen and oxygen atoms in total. The molecular weight excluding hydrogens is 402 g/mol. The molecule has 0 saturated heterocycles. The molecule has 11 heteroatoms. The molecule has 0 fully saturated rings. The highest BCUT2D eigenvalue weighted by Crippen LogP contribution is 2.31. The van der Waals surface area contributed by atoms with Crippen LogP contribution in [0.4, 0.5) is 22.4 Å². The van der Waals surface area contributed by atoms with Crippen LogP contribution in [0.2, 0.25) is 0 Å². The minimum absolute atomic E-state index is 0.112. The molecule has 1 aromatic heterocycles. The molecule has 0 saturated carbocycles. The largest absolute Gasteiger partial charge is 0.473 e. The van der Waals surface area contributed by atoms with E-state index >= 15 is 0 Å². The highest BCUT2D eigenvalue weighted by molar-refractivity contribution is 8.13. The molecule has 4 N–H and O–H groups in total. The van der Waals surface area contributed by atoms with Gasteiger partial charge in [0.15, 0.2) is 0 Å². The number of nitrogens with one attached hydrogen (secondary N) is 3. The van der Waals surface area contributed by atoms with Crippen LogP contribution in [0.15, 0.2) is 52.3 Å². The summed E-state index contributed by atoms with van der Waals surface area (Å²) >= 11 is 0.429. The maximum absolute atomic E-state index is 12.8. The number of carbonyl (C=O) groups is 1. The summed E-state index contributed by atoms with van der Waals surface area (Å²) in [5.74, 6) is 0.0899. The highest BCUT2D eigenvalue weighted by Gasteiger charge is 2.23. The number of aromatic amines is 1. The lowest BCUT2D eigenvalue weighted by atomic mass is 10.1. The van der Waals surface area contributed by atoms with Gasteiger partial charge in [0.2, 0.25) is 5.95 Å². The summed E-state index contributed by atoms with van der Waals surface area (Å²) in [5.41, 5.74) is 2.26. The van der Waals surface area contributed by atoms with Crippen LogP contribution in [0, 0.1) is 13.8 Å². The Labute approximate surface area is 165 Å². The van der Waals surface area contributed by atoms with Crippen molar-refractivity contribution in [2.75, 3.05) is 10.0 Å². The minimum atomic E-state index is -4.10. The number of hydrogen-bond donors (Lipinski definition) is 4. The van der Waals surface area contributed by atoms with E-state index in [2.05, 4.69) is 25.2 Å². The van der Waals surface area contributed by atoms with Crippen LogP contribution >= 0.6 is 11.8 Å². The lowest BCUT2D eigenvalue weighted by Gasteiger charge is -2.11. The van der Waals surface area contributed by atoms with E-state index in [1.807, 2.05) is 30.3 Å². The van der Waals surface area contributed by atoms with Crippen LogP contribution in [0.5, 0.6) is 0 Å². The van der Waals surface area contributed by atoms with Gasteiger partial charge in [-0.2, -0.15) is 4.98 Å². The van der Waals surface area contributed by atoms with Crippen molar-refractivity contribution >= 4 is 44.7 Å². The van der Waals surface area contributed by atoms with E-state index in [9.17, 15) is 13.2 Å². The van der Waals surface area contributed by atoms with Gasteiger partial charge in [-0.15, -0.1) is 5.10 Å². The van der Waals surface area contributed by atoms with Crippen LogP contribution in [0.1, 0.15) is 11.1 Å². The Balaban J connectivity index is 1.86. The van der Waals surface area contributed by atoms with E-state index in [1.165, 1.54) is 12.1 Å². The van der Waals surface area contributed by atoms with E-state index < -0.39 is 15.3 Å². The number of hydrogen-bond acceptors (Lipinski definition) is 7. The van der Waals surface area contributed by atoms with Gasteiger partial charge in [0.25, 0.3) is 16.0 Å². The van der Waals surface area contributed by atoms with E-state index in [-0.39, 0.29) is 21.7 Å². The predicted octanol–water partition coefficient (Wildman–Crippen LogP) is 3.74. The van der Waals surface area contributed by atoms with Crippen LogP contribution < -0.4 is 10.0 Å². The zero-order valence-electron chi connectivity index (χ0n) is 14.9. The first kappa shape index (κ1) is 19.7. The fraction of sp³-hybridized carbons (Fsp3) is 0.118. The molecule has 2 aromatic carbocycles. The lowest BCUT2D eigenvalue weighted by Crippen LogP contribution is -2.15. The number of sulfonamides is 1. The molecule has 0 bridgehead atoms. The second kappa shape index (κ2) is 7.90. The van der Waals surface area contributed by atoms with Crippen LogP contribution in [0.3, 0.4) is 0 Å². The number of para-hydroxylation sites is 1. The standard InChI is InChI=1S/C17H17N5O4S2/c1-10-8-13(27-17(23)24)14(9-11(10)2)28(25,26)22-16-19-15(20-21-16)18-12-6-4-3-5-7-12/h3-9H,1-2H3,(H,23,24)(H3,18,19,20,21,22). The van der Waals surface area contributed by atoms with Gasteiger partial charge in [-0.3, -0.25) is 0 Å². The molecule has 0 atom stereocenters. The Morgan fingerprint density at radius 3 is 2.50 bits per heavy atom. The molecule has 3 rings (SSSR count). The Morgan fingerprint density at radius 2 is 1.82 bits per heavy atom. The van der Waals surface area contributed by atoms with Gasteiger partial charge >= 0.3 is 5.30 Å². The number of aromatic nitrogens is 3. The maximum atomic E-state index is 12.8. The molecule has 3 aromatic rings. The predicted molar refractivity (Wildman–Crippen MR) is 107 cm³/mol. The quantitative estimate of drug-likeness (QED) is 0.444. The van der Waals surface area contributed by atoms with Crippen molar-refractivity contribution in [3.63, 3.8) is 0 Å². The second-order valence-corrected chi connectivity index (χ2v) is 8.50. The number of carboxylic acid groups (broad SMARTS) is 1. The van der Waals surface area contributed by atoms with E-state index in [1.54, 1.807) is 13.8 Å². The molecule has 146 valence electrons. The number of aryl methyl sites for hydroxylation is 2. The topological polar surface area (TPSA) is 137 Å². The van der Waals surface area contributed by atoms with E-state index in [4.69, 9.17) is 5.11 Å². The van der Waals surface area contributed by atoms with Crippen LogP contribution in [-0.2, 0) is 10.0 Å². The molecule has 0 aliphatic heterocycles.